The largest absolute Gasteiger partial charge is 0.303 e. The smallest absolute Gasteiger partial charge is 0.00387 e. The van der Waals surface area contributed by atoms with E-state index in [1.165, 1.54) is 58.4 Å². The van der Waals surface area contributed by atoms with Crippen molar-refractivity contribution in [3.63, 3.8) is 0 Å². The van der Waals surface area contributed by atoms with Crippen LogP contribution in [0.5, 0.6) is 0 Å². The monoisotopic (exact) mass is 210 g/mol. The van der Waals surface area contributed by atoms with Crippen molar-refractivity contribution in [1.29, 1.82) is 0 Å². The average Bonchev–Trinajstić information content (AvgIpc) is 2.68. The Hall–Kier alpha value is -0.0800. The van der Waals surface area contributed by atoms with Gasteiger partial charge < -0.3 is 9.80 Å². The SMILES string of the molecule is CC(C)N1CC[C@@H](CN2CCCCC2)C1. The van der Waals surface area contributed by atoms with Gasteiger partial charge in [-0.3, -0.25) is 0 Å². The van der Waals surface area contributed by atoms with Gasteiger partial charge in [0, 0.05) is 19.1 Å². The van der Waals surface area contributed by atoms with Crippen molar-refractivity contribution in [3.05, 3.63) is 0 Å². The van der Waals surface area contributed by atoms with E-state index in [9.17, 15) is 0 Å². The van der Waals surface area contributed by atoms with Crippen LogP contribution in [0.1, 0.15) is 39.5 Å². The Morgan fingerprint density at radius 2 is 1.80 bits per heavy atom. The lowest BCUT2D eigenvalue weighted by Crippen LogP contribution is -2.36. The Labute approximate surface area is 94.6 Å². The molecule has 1 atom stereocenters. The molecule has 0 N–H and O–H groups in total. The van der Waals surface area contributed by atoms with Crippen LogP contribution in [-0.2, 0) is 0 Å². The van der Waals surface area contributed by atoms with Crippen molar-refractivity contribution < 1.29 is 0 Å². The first-order valence-corrected chi connectivity index (χ1v) is 6.72. The third kappa shape index (κ3) is 3.18. The molecule has 2 heterocycles. The molecule has 2 nitrogen and oxygen atoms in total. The fourth-order valence-corrected chi connectivity index (χ4v) is 2.99. The van der Waals surface area contributed by atoms with Gasteiger partial charge in [0.25, 0.3) is 0 Å². The molecule has 0 saturated carbocycles. The molecule has 2 aliphatic rings. The first kappa shape index (κ1) is 11.4. The molecular formula is C13H26N2. The van der Waals surface area contributed by atoms with Gasteiger partial charge in [0.15, 0.2) is 0 Å². The van der Waals surface area contributed by atoms with Crippen LogP contribution in [0.25, 0.3) is 0 Å². The molecule has 0 amide bonds. The predicted octanol–water partition coefficient (Wildman–Crippen LogP) is 2.20. The zero-order valence-corrected chi connectivity index (χ0v) is 10.4. The second-order valence-electron chi connectivity index (χ2n) is 5.60. The van der Waals surface area contributed by atoms with Crippen LogP contribution in [0.3, 0.4) is 0 Å². The van der Waals surface area contributed by atoms with E-state index < -0.39 is 0 Å². The maximum Gasteiger partial charge on any atom is 0.00387 e. The van der Waals surface area contributed by atoms with Crippen LogP contribution in [0.15, 0.2) is 0 Å². The van der Waals surface area contributed by atoms with Gasteiger partial charge in [0.2, 0.25) is 0 Å². The summed E-state index contributed by atoms with van der Waals surface area (Å²) in [6.45, 7) is 11.4. The highest BCUT2D eigenvalue weighted by molar-refractivity contribution is 4.80. The molecule has 0 unspecified atom stereocenters. The molecule has 88 valence electrons. The molecule has 0 aliphatic carbocycles. The number of likely N-dealkylation sites (tertiary alicyclic amines) is 2. The Balaban J connectivity index is 1.71. The third-order valence-corrected chi connectivity index (χ3v) is 4.01. The molecule has 15 heavy (non-hydrogen) atoms. The quantitative estimate of drug-likeness (QED) is 0.704. The second-order valence-corrected chi connectivity index (χ2v) is 5.60. The van der Waals surface area contributed by atoms with Crippen molar-refractivity contribution in [2.45, 2.75) is 45.6 Å². The molecule has 2 aliphatic heterocycles. The Bertz CT molecular complexity index is 185. The second kappa shape index (κ2) is 5.31. The number of rotatable bonds is 3. The van der Waals surface area contributed by atoms with Gasteiger partial charge in [0.05, 0.1) is 0 Å². The van der Waals surface area contributed by atoms with Crippen molar-refractivity contribution in [2.24, 2.45) is 5.92 Å². The first-order chi connectivity index (χ1) is 7.25. The van der Waals surface area contributed by atoms with Crippen LogP contribution >= 0.6 is 0 Å². The minimum absolute atomic E-state index is 0.747. The van der Waals surface area contributed by atoms with Crippen LogP contribution in [0, 0.1) is 5.92 Å². The van der Waals surface area contributed by atoms with Crippen LogP contribution in [0.2, 0.25) is 0 Å². The van der Waals surface area contributed by atoms with Gasteiger partial charge in [0.1, 0.15) is 0 Å². The fraction of sp³-hybridized carbons (Fsp3) is 1.00. The summed E-state index contributed by atoms with van der Waals surface area (Å²) in [7, 11) is 0. The number of piperidine rings is 1. The molecule has 2 heteroatoms. The van der Waals surface area contributed by atoms with Crippen LogP contribution in [-0.4, -0.2) is 48.6 Å². The Morgan fingerprint density at radius 1 is 1.07 bits per heavy atom. The van der Waals surface area contributed by atoms with Crippen LogP contribution in [0.4, 0.5) is 0 Å². The zero-order valence-electron chi connectivity index (χ0n) is 10.4. The average molecular weight is 210 g/mol. The highest BCUT2D eigenvalue weighted by atomic mass is 15.2. The van der Waals surface area contributed by atoms with Gasteiger partial charge >= 0.3 is 0 Å². The standard InChI is InChI=1S/C13H26N2/c1-12(2)15-9-6-13(11-15)10-14-7-4-3-5-8-14/h12-13H,3-11H2,1-2H3/t13-/m0/s1. The normalized spacial score (nSPS) is 30.2. The lowest BCUT2D eigenvalue weighted by atomic mass is 10.1. The predicted molar refractivity (Wildman–Crippen MR) is 65.1 cm³/mol. The van der Waals surface area contributed by atoms with Crippen LogP contribution < -0.4 is 0 Å². The molecule has 0 aromatic heterocycles. The summed E-state index contributed by atoms with van der Waals surface area (Å²) >= 11 is 0. The summed E-state index contributed by atoms with van der Waals surface area (Å²) < 4.78 is 0. The summed E-state index contributed by atoms with van der Waals surface area (Å²) in [4.78, 5) is 5.33. The molecule has 0 spiro atoms. The van der Waals surface area contributed by atoms with E-state index in [0.717, 1.165) is 12.0 Å². The minimum atomic E-state index is 0.747. The molecule has 2 rings (SSSR count). The molecule has 0 bridgehead atoms. The van der Waals surface area contributed by atoms with Gasteiger partial charge in [-0.1, -0.05) is 6.42 Å². The number of nitrogens with zero attached hydrogens (tertiary/aromatic N) is 2. The van der Waals surface area contributed by atoms with E-state index in [-0.39, 0.29) is 0 Å². The highest BCUT2D eigenvalue weighted by Gasteiger charge is 2.26. The highest BCUT2D eigenvalue weighted by Crippen LogP contribution is 2.21. The van der Waals surface area contributed by atoms with Gasteiger partial charge in [-0.2, -0.15) is 0 Å². The maximum absolute atomic E-state index is 2.69. The molecule has 2 saturated heterocycles. The molecule has 0 aromatic carbocycles. The van der Waals surface area contributed by atoms with Crippen molar-refractivity contribution in [2.75, 3.05) is 32.7 Å². The maximum atomic E-state index is 2.69. The lowest BCUT2D eigenvalue weighted by molar-refractivity contribution is 0.188. The number of hydrogen-bond donors (Lipinski definition) is 0. The van der Waals surface area contributed by atoms with E-state index in [0.29, 0.717) is 0 Å². The summed E-state index contributed by atoms with van der Waals surface area (Å²) in [5.41, 5.74) is 0. The summed E-state index contributed by atoms with van der Waals surface area (Å²) in [6, 6.07) is 0.747. The van der Waals surface area contributed by atoms with E-state index in [4.69, 9.17) is 0 Å². The Kier molecular flexibility index (Phi) is 4.04. The third-order valence-electron chi connectivity index (χ3n) is 4.01. The lowest BCUT2D eigenvalue weighted by Gasteiger charge is -2.29. The summed E-state index contributed by atoms with van der Waals surface area (Å²) in [6.07, 6.45) is 5.75. The zero-order chi connectivity index (χ0) is 10.7. The first-order valence-electron chi connectivity index (χ1n) is 6.72. The van der Waals surface area contributed by atoms with Gasteiger partial charge in [-0.15, -0.1) is 0 Å². The summed E-state index contributed by atoms with van der Waals surface area (Å²) in [5, 5.41) is 0. The molecular weight excluding hydrogens is 184 g/mol. The van der Waals surface area contributed by atoms with E-state index in [1.807, 2.05) is 0 Å². The van der Waals surface area contributed by atoms with Gasteiger partial charge in [-0.05, 0) is 58.7 Å². The molecule has 0 aromatic rings. The van der Waals surface area contributed by atoms with E-state index >= 15 is 0 Å². The van der Waals surface area contributed by atoms with Crippen molar-refractivity contribution in [1.82, 2.24) is 9.80 Å². The molecule has 2 fully saturated rings. The minimum Gasteiger partial charge on any atom is -0.303 e. The van der Waals surface area contributed by atoms with E-state index in [1.54, 1.807) is 0 Å². The number of hydrogen-bond acceptors (Lipinski definition) is 2. The van der Waals surface area contributed by atoms with E-state index in [2.05, 4.69) is 23.6 Å². The fourth-order valence-electron chi connectivity index (χ4n) is 2.99. The van der Waals surface area contributed by atoms with Crippen molar-refractivity contribution >= 4 is 0 Å². The summed E-state index contributed by atoms with van der Waals surface area (Å²) in [5.74, 6) is 0.950. The van der Waals surface area contributed by atoms with Crippen molar-refractivity contribution in [3.8, 4) is 0 Å². The topological polar surface area (TPSA) is 6.48 Å². The van der Waals surface area contributed by atoms with Gasteiger partial charge in [-0.25, -0.2) is 0 Å². The molecule has 0 radical (unpaired) electrons. The Morgan fingerprint density at radius 3 is 2.40 bits per heavy atom.